The highest BCUT2D eigenvalue weighted by atomic mass is 16.2. The Morgan fingerprint density at radius 2 is 2.10 bits per heavy atom. The van der Waals surface area contributed by atoms with Crippen LogP contribution in [0.4, 0.5) is 0 Å². The molecule has 0 bridgehead atoms. The van der Waals surface area contributed by atoms with E-state index in [2.05, 4.69) is 49.2 Å². The molecule has 1 N–H and O–H groups in total. The van der Waals surface area contributed by atoms with Crippen LogP contribution < -0.4 is 5.32 Å². The molecule has 0 aromatic heterocycles. The van der Waals surface area contributed by atoms with Crippen LogP contribution in [0.1, 0.15) is 55.5 Å². The van der Waals surface area contributed by atoms with Crippen LogP contribution in [0.15, 0.2) is 18.2 Å². The van der Waals surface area contributed by atoms with E-state index in [-0.39, 0.29) is 11.7 Å². The van der Waals surface area contributed by atoms with Gasteiger partial charge in [0.25, 0.3) is 0 Å². The molecule has 1 aliphatic heterocycles. The second kappa shape index (κ2) is 4.88. The number of hydrogen-bond acceptors (Lipinski definition) is 2. The third-order valence-corrected chi connectivity index (χ3v) is 4.63. The van der Waals surface area contributed by atoms with E-state index in [1.165, 1.54) is 16.7 Å². The summed E-state index contributed by atoms with van der Waals surface area (Å²) in [7, 11) is 0. The molecule has 1 aromatic rings. The molecule has 3 heteroatoms. The van der Waals surface area contributed by atoms with Crippen molar-refractivity contribution in [2.45, 2.75) is 58.2 Å². The highest BCUT2D eigenvalue weighted by molar-refractivity contribution is 5.92. The van der Waals surface area contributed by atoms with Gasteiger partial charge in [0, 0.05) is 6.54 Å². The number of amides is 1. The van der Waals surface area contributed by atoms with Gasteiger partial charge in [0.2, 0.25) is 5.91 Å². The van der Waals surface area contributed by atoms with E-state index < -0.39 is 0 Å². The second-order valence-electron chi connectivity index (χ2n) is 6.34. The Morgan fingerprint density at radius 3 is 2.75 bits per heavy atom. The maximum Gasteiger partial charge on any atom is 0.244 e. The molecular formula is C17H24N2O. The van der Waals surface area contributed by atoms with Crippen molar-refractivity contribution < 1.29 is 4.79 Å². The molecule has 1 heterocycles. The number of nitrogens with one attached hydrogen (secondary N) is 1. The van der Waals surface area contributed by atoms with Gasteiger partial charge in [0.15, 0.2) is 0 Å². The molecule has 0 radical (unpaired) electrons. The lowest BCUT2D eigenvalue weighted by molar-refractivity contribution is -0.130. The van der Waals surface area contributed by atoms with Crippen molar-refractivity contribution in [1.82, 2.24) is 10.2 Å². The molecule has 1 amide bonds. The van der Waals surface area contributed by atoms with Gasteiger partial charge in [-0.05, 0) is 44.2 Å². The van der Waals surface area contributed by atoms with Crippen molar-refractivity contribution in [3.63, 3.8) is 0 Å². The summed E-state index contributed by atoms with van der Waals surface area (Å²) in [5.41, 5.74) is 3.56. The normalized spacial score (nSPS) is 23.6. The van der Waals surface area contributed by atoms with E-state index in [1.807, 2.05) is 0 Å². The van der Waals surface area contributed by atoms with Gasteiger partial charge in [0.05, 0.1) is 0 Å². The quantitative estimate of drug-likeness (QED) is 0.913. The van der Waals surface area contributed by atoms with E-state index in [1.54, 1.807) is 0 Å². The molecule has 20 heavy (non-hydrogen) atoms. The van der Waals surface area contributed by atoms with Gasteiger partial charge in [-0.15, -0.1) is 0 Å². The van der Waals surface area contributed by atoms with Crippen LogP contribution in [-0.2, 0) is 4.79 Å². The van der Waals surface area contributed by atoms with E-state index in [0.717, 1.165) is 32.2 Å². The van der Waals surface area contributed by atoms with Crippen LogP contribution in [0, 0.1) is 13.8 Å². The van der Waals surface area contributed by atoms with Crippen LogP contribution in [0.25, 0.3) is 0 Å². The number of rotatable bonds is 4. The van der Waals surface area contributed by atoms with Gasteiger partial charge in [0.1, 0.15) is 11.7 Å². The van der Waals surface area contributed by atoms with Gasteiger partial charge in [-0.1, -0.05) is 37.1 Å². The summed E-state index contributed by atoms with van der Waals surface area (Å²) in [4.78, 5) is 14.7. The zero-order chi connectivity index (χ0) is 14.3. The van der Waals surface area contributed by atoms with E-state index in [4.69, 9.17) is 0 Å². The molecule has 1 atom stereocenters. The van der Waals surface area contributed by atoms with E-state index in [0.29, 0.717) is 5.91 Å². The Morgan fingerprint density at radius 1 is 1.35 bits per heavy atom. The van der Waals surface area contributed by atoms with Crippen LogP contribution in [0.5, 0.6) is 0 Å². The van der Waals surface area contributed by atoms with Gasteiger partial charge in [-0.25, -0.2) is 0 Å². The monoisotopic (exact) mass is 272 g/mol. The van der Waals surface area contributed by atoms with Crippen molar-refractivity contribution in [3.05, 3.63) is 34.9 Å². The third-order valence-electron chi connectivity index (χ3n) is 4.63. The van der Waals surface area contributed by atoms with Gasteiger partial charge >= 0.3 is 0 Å². The van der Waals surface area contributed by atoms with Crippen LogP contribution >= 0.6 is 0 Å². The van der Waals surface area contributed by atoms with Crippen molar-refractivity contribution in [2.75, 3.05) is 6.54 Å². The molecule has 1 unspecified atom stereocenters. The van der Waals surface area contributed by atoms with Crippen LogP contribution in [-0.4, -0.2) is 22.9 Å². The predicted octanol–water partition coefficient (Wildman–Crippen LogP) is 3.07. The predicted molar refractivity (Wildman–Crippen MR) is 80.4 cm³/mol. The maximum absolute atomic E-state index is 12.6. The average Bonchev–Trinajstić information content (AvgIpc) is 3.15. The summed E-state index contributed by atoms with van der Waals surface area (Å²) in [5, 5.41) is 3.61. The molecular weight excluding hydrogens is 248 g/mol. The molecule has 1 spiro atoms. The zero-order valence-corrected chi connectivity index (χ0v) is 12.7. The molecule has 2 aliphatic rings. The molecule has 1 aromatic carbocycles. The smallest absolute Gasteiger partial charge is 0.244 e. The number of benzene rings is 1. The lowest BCUT2D eigenvalue weighted by Gasteiger charge is -2.26. The molecule has 1 saturated heterocycles. The minimum absolute atomic E-state index is 0.0662. The Balaban J connectivity index is 1.93. The molecule has 2 fully saturated rings. The lowest BCUT2D eigenvalue weighted by atomic mass is 10.0. The molecule has 3 rings (SSSR count). The highest BCUT2D eigenvalue weighted by Crippen LogP contribution is 2.46. The van der Waals surface area contributed by atoms with Gasteiger partial charge in [-0.2, -0.15) is 0 Å². The fourth-order valence-electron chi connectivity index (χ4n) is 3.14. The SMILES string of the molecule is CCCCN1C(=O)C2(CC2)NC1c1cc(C)ccc1C. The van der Waals surface area contributed by atoms with Crippen molar-refractivity contribution in [1.29, 1.82) is 0 Å². The first-order chi connectivity index (χ1) is 9.57. The summed E-state index contributed by atoms with van der Waals surface area (Å²) in [6.07, 6.45) is 4.25. The van der Waals surface area contributed by atoms with Crippen LogP contribution in [0.3, 0.4) is 0 Å². The maximum atomic E-state index is 12.6. The standard InChI is InChI=1S/C17H24N2O/c1-4-5-10-19-15(18-17(8-9-17)16(19)20)14-11-12(2)6-7-13(14)3/h6-7,11,15,18H,4-5,8-10H2,1-3H3. The fraction of sp³-hybridized carbons (Fsp3) is 0.588. The minimum atomic E-state index is -0.228. The van der Waals surface area contributed by atoms with Crippen molar-refractivity contribution in [3.8, 4) is 0 Å². The average molecular weight is 272 g/mol. The third kappa shape index (κ3) is 2.14. The highest BCUT2D eigenvalue weighted by Gasteiger charge is 2.59. The molecule has 3 nitrogen and oxygen atoms in total. The summed E-state index contributed by atoms with van der Waals surface area (Å²) in [5.74, 6) is 0.317. The summed E-state index contributed by atoms with van der Waals surface area (Å²) < 4.78 is 0. The fourth-order valence-corrected chi connectivity index (χ4v) is 3.14. The van der Waals surface area contributed by atoms with E-state index >= 15 is 0 Å². The number of carbonyl (C=O) groups excluding carboxylic acids is 1. The number of carbonyl (C=O) groups is 1. The number of aryl methyl sites for hydroxylation is 2. The summed E-state index contributed by atoms with van der Waals surface area (Å²) in [6, 6.07) is 6.52. The minimum Gasteiger partial charge on any atom is -0.321 e. The topological polar surface area (TPSA) is 32.3 Å². The van der Waals surface area contributed by atoms with E-state index in [9.17, 15) is 4.79 Å². The summed E-state index contributed by atoms with van der Waals surface area (Å²) in [6.45, 7) is 7.29. The first kappa shape index (κ1) is 13.6. The summed E-state index contributed by atoms with van der Waals surface area (Å²) >= 11 is 0. The van der Waals surface area contributed by atoms with Gasteiger partial charge < -0.3 is 4.90 Å². The van der Waals surface area contributed by atoms with Crippen LogP contribution in [0.2, 0.25) is 0 Å². The first-order valence-corrected chi connectivity index (χ1v) is 7.73. The number of hydrogen-bond donors (Lipinski definition) is 1. The second-order valence-corrected chi connectivity index (χ2v) is 6.34. The molecule has 1 saturated carbocycles. The van der Waals surface area contributed by atoms with Gasteiger partial charge in [-0.3, -0.25) is 10.1 Å². The number of unbranched alkanes of at least 4 members (excludes halogenated alkanes) is 1. The zero-order valence-electron chi connectivity index (χ0n) is 12.7. The Bertz CT molecular complexity index is 534. The Labute approximate surface area is 121 Å². The van der Waals surface area contributed by atoms with Crippen molar-refractivity contribution >= 4 is 5.91 Å². The number of nitrogens with zero attached hydrogens (tertiary/aromatic N) is 1. The molecule has 1 aliphatic carbocycles. The molecule has 108 valence electrons. The first-order valence-electron chi connectivity index (χ1n) is 7.73. The Hall–Kier alpha value is -1.35. The Kier molecular flexibility index (Phi) is 3.33. The van der Waals surface area contributed by atoms with Crippen molar-refractivity contribution in [2.24, 2.45) is 0 Å². The largest absolute Gasteiger partial charge is 0.321 e. The lowest BCUT2D eigenvalue weighted by Crippen LogP contribution is -2.33.